The monoisotopic (exact) mass is 316 g/mol. The molecule has 0 unspecified atom stereocenters. The molecule has 2 N–H and O–H groups in total. The van der Waals surface area contributed by atoms with Crippen LogP contribution in [0, 0.1) is 12.7 Å². The summed E-state index contributed by atoms with van der Waals surface area (Å²) >= 11 is 0. The number of methoxy groups -OCH3 is 1. The van der Waals surface area contributed by atoms with Gasteiger partial charge in [-0.15, -0.1) is 0 Å². The van der Waals surface area contributed by atoms with Crippen LogP contribution in [0.15, 0.2) is 42.5 Å². The van der Waals surface area contributed by atoms with Gasteiger partial charge in [0.15, 0.2) is 0 Å². The summed E-state index contributed by atoms with van der Waals surface area (Å²) in [7, 11) is 1.65. The van der Waals surface area contributed by atoms with E-state index in [1.54, 1.807) is 26.2 Å². The second kappa shape index (κ2) is 8.29. The SMILES string of the molecule is COCc1cccc(CNC(=O)NCc2ccc(F)c(C)c2)c1. The maximum atomic E-state index is 13.2. The molecule has 0 aliphatic rings. The molecule has 0 aromatic heterocycles. The molecule has 0 saturated carbocycles. The number of urea groups is 1. The van der Waals surface area contributed by atoms with Gasteiger partial charge in [-0.2, -0.15) is 0 Å². The van der Waals surface area contributed by atoms with E-state index in [1.165, 1.54) is 6.07 Å². The molecule has 0 heterocycles. The van der Waals surface area contributed by atoms with Crippen LogP contribution in [-0.2, 0) is 24.4 Å². The van der Waals surface area contributed by atoms with Crippen molar-refractivity contribution in [3.8, 4) is 0 Å². The van der Waals surface area contributed by atoms with Crippen molar-refractivity contribution in [2.75, 3.05) is 7.11 Å². The Labute approximate surface area is 135 Å². The molecule has 0 saturated heterocycles. The number of carbonyl (C=O) groups excluding carboxylic acids is 1. The molecular weight excluding hydrogens is 295 g/mol. The van der Waals surface area contributed by atoms with Crippen LogP contribution < -0.4 is 10.6 Å². The van der Waals surface area contributed by atoms with Gasteiger partial charge < -0.3 is 15.4 Å². The Hall–Kier alpha value is -2.40. The van der Waals surface area contributed by atoms with Gasteiger partial charge in [-0.25, -0.2) is 9.18 Å². The number of halogens is 1. The third-order valence-electron chi connectivity index (χ3n) is 3.43. The predicted molar refractivity (Wildman–Crippen MR) is 87.4 cm³/mol. The van der Waals surface area contributed by atoms with E-state index in [9.17, 15) is 9.18 Å². The minimum atomic E-state index is -0.260. The molecule has 2 rings (SSSR count). The van der Waals surface area contributed by atoms with E-state index in [0.29, 0.717) is 25.3 Å². The molecule has 0 radical (unpaired) electrons. The Balaban J connectivity index is 1.80. The highest BCUT2D eigenvalue weighted by atomic mass is 19.1. The van der Waals surface area contributed by atoms with Crippen LogP contribution in [0.2, 0.25) is 0 Å². The summed E-state index contributed by atoms with van der Waals surface area (Å²) in [6, 6.07) is 12.4. The summed E-state index contributed by atoms with van der Waals surface area (Å²) in [4.78, 5) is 11.8. The average molecular weight is 316 g/mol. The molecule has 0 fully saturated rings. The number of benzene rings is 2. The van der Waals surface area contributed by atoms with Gasteiger partial charge in [0.05, 0.1) is 6.61 Å². The predicted octanol–water partition coefficient (Wildman–Crippen LogP) is 3.28. The quantitative estimate of drug-likeness (QED) is 0.859. The summed E-state index contributed by atoms with van der Waals surface area (Å²) in [6.45, 7) is 3.04. The van der Waals surface area contributed by atoms with E-state index < -0.39 is 0 Å². The minimum absolute atomic E-state index is 0.242. The first-order valence-corrected chi connectivity index (χ1v) is 7.42. The molecule has 23 heavy (non-hydrogen) atoms. The van der Waals surface area contributed by atoms with Crippen molar-refractivity contribution in [3.05, 3.63) is 70.5 Å². The zero-order valence-corrected chi connectivity index (χ0v) is 13.4. The van der Waals surface area contributed by atoms with Gasteiger partial charge in [0.25, 0.3) is 0 Å². The van der Waals surface area contributed by atoms with E-state index >= 15 is 0 Å². The van der Waals surface area contributed by atoms with E-state index in [1.807, 2.05) is 24.3 Å². The number of amides is 2. The molecule has 122 valence electrons. The number of hydrogen-bond acceptors (Lipinski definition) is 2. The third kappa shape index (κ3) is 5.38. The van der Waals surface area contributed by atoms with Crippen molar-refractivity contribution in [3.63, 3.8) is 0 Å². The molecule has 0 spiro atoms. The largest absolute Gasteiger partial charge is 0.380 e. The summed E-state index contributed by atoms with van der Waals surface area (Å²) in [6.07, 6.45) is 0. The van der Waals surface area contributed by atoms with Crippen LogP contribution in [-0.4, -0.2) is 13.1 Å². The molecule has 2 aromatic rings. The first kappa shape index (κ1) is 17.0. The Kier molecular flexibility index (Phi) is 6.11. The number of ether oxygens (including phenoxy) is 1. The number of carbonyl (C=O) groups is 1. The summed E-state index contributed by atoms with van der Waals surface area (Å²) in [5.74, 6) is -0.242. The van der Waals surface area contributed by atoms with Gasteiger partial charge in [0.2, 0.25) is 0 Å². The second-order valence-corrected chi connectivity index (χ2v) is 5.37. The fourth-order valence-corrected chi connectivity index (χ4v) is 2.24. The zero-order valence-electron chi connectivity index (χ0n) is 13.4. The maximum absolute atomic E-state index is 13.2. The number of aryl methyl sites for hydroxylation is 1. The molecule has 0 atom stereocenters. The van der Waals surface area contributed by atoms with Gasteiger partial charge in [0.1, 0.15) is 5.82 Å². The van der Waals surface area contributed by atoms with Crippen LogP contribution in [0.5, 0.6) is 0 Å². The van der Waals surface area contributed by atoms with Crippen molar-refractivity contribution in [1.29, 1.82) is 0 Å². The molecule has 5 heteroatoms. The third-order valence-corrected chi connectivity index (χ3v) is 3.43. The van der Waals surface area contributed by atoms with Gasteiger partial charge in [-0.3, -0.25) is 0 Å². The van der Waals surface area contributed by atoms with Crippen molar-refractivity contribution in [1.82, 2.24) is 10.6 Å². The highest BCUT2D eigenvalue weighted by Gasteiger charge is 2.03. The molecule has 0 aliphatic heterocycles. The molecule has 2 amide bonds. The molecule has 2 aromatic carbocycles. The number of nitrogens with one attached hydrogen (secondary N) is 2. The van der Waals surface area contributed by atoms with Gasteiger partial charge in [-0.05, 0) is 35.2 Å². The highest BCUT2D eigenvalue weighted by Crippen LogP contribution is 2.09. The fourth-order valence-electron chi connectivity index (χ4n) is 2.24. The lowest BCUT2D eigenvalue weighted by Crippen LogP contribution is -2.34. The Morgan fingerprint density at radius 1 is 1.04 bits per heavy atom. The zero-order chi connectivity index (χ0) is 16.7. The summed E-state index contributed by atoms with van der Waals surface area (Å²) < 4.78 is 18.3. The minimum Gasteiger partial charge on any atom is -0.380 e. The smallest absolute Gasteiger partial charge is 0.315 e. The first-order valence-electron chi connectivity index (χ1n) is 7.42. The van der Waals surface area contributed by atoms with Gasteiger partial charge in [-0.1, -0.05) is 36.4 Å². The lowest BCUT2D eigenvalue weighted by atomic mass is 10.1. The van der Waals surface area contributed by atoms with Crippen LogP contribution in [0.1, 0.15) is 22.3 Å². The highest BCUT2D eigenvalue weighted by molar-refractivity contribution is 5.73. The van der Waals surface area contributed by atoms with Crippen molar-refractivity contribution in [2.45, 2.75) is 26.6 Å². The van der Waals surface area contributed by atoms with E-state index in [4.69, 9.17) is 4.74 Å². The van der Waals surface area contributed by atoms with Crippen LogP contribution in [0.25, 0.3) is 0 Å². The summed E-state index contributed by atoms with van der Waals surface area (Å²) in [5.41, 5.74) is 3.50. The average Bonchev–Trinajstić information content (AvgIpc) is 2.55. The van der Waals surface area contributed by atoms with Crippen molar-refractivity contribution in [2.24, 2.45) is 0 Å². The maximum Gasteiger partial charge on any atom is 0.315 e. The summed E-state index contributed by atoms with van der Waals surface area (Å²) in [5, 5.41) is 5.56. The molecular formula is C18H21FN2O2. The van der Waals surface area contributed by atoms with Gasteiger partial charge >= 0.3 is 6.03 Å². The lowest BCUT2D eigenvalue weighted by Gasteiger charge is -2.09. The normalized spacial score (nSPS) is 10.4. The number of rotatable bonds is 6. The van der Waals surface area contributed by atoms with Crippen molar-refractivity contribution >= 4 is 6.03 Å². The van der Waals surface area contributed by atoms with Crippen LogP contribution in [0.3, 0.4) is 0 Å². The fraction of sp³-hybridized carbons (Fsp3) is 0.278. The lowest BCUT2D eigenvalue weighted by molar-refractivity contribution is 0.185. The van der Waals surface area contributed by atoms with E-state index in [2.05, 4.69) is 10.6 Å². The Morgan fingerprint density at radius 2 is 1.70 bits per heavy atom. The van der Waals surface area contributed by atoms with E-state index in [-0.39, 0.29) is 11.8 Å². The molecule has 0 aliphatic carbocycles. The van der Waals surface area contributed by atoms with E-state index in [0.717, 1.165) is 16.7 Å². The number of hydrogen-bond donors (Lipinski definition) is 2. The van der Waals surface area contributed by atoms with Crippen LogP contribution in [0.4, 0.5) is 9.18 Å². The first-order chi connectivity index (χ1) is 11.1. The second-order valence-electron chi connectivity index (χ2n) is 5.37. The van der Waals surface area contributed by atoms with Crippen molar-refractivity contribution < 1.29 is 13.9 Å². The van der Waals surface area contributed by atoms with Gasteiger partial charge in [0, 0.05) is 20.2 Å². The Bertz CT molecular complexity index is 674. The topological polar surface area (TPSA) is 50.4 Å². The standard InChI is InChI=1S/C18H21FN2O2/c1-13-8-15(6-7-17(13)19)11-21-18(22)20-10-14-4-3-5-16(9-14)12-23-2/h3-9H,10-12H2,1-2H3,(H2,20,21,22). The molecule has 0 bridgehead atoms. The Morgan fingerprint density at radius 3 is 2.35 bits per heavy atom. The van der Waals surface area contributed by atoms with Crippen LogP contribution >= 0.6 is 0 Å². The molecule has 4 nitrogen and oxygen atoms in total.